The summed E-state index contributed by atoms with van der Waals surface area (Å²) in [6, 6.07) is 3.70. The molecule has 1 N–H and O–H groups in total. The van der Waals surface area contributed by atoms with Gasteiger partial charge in [0.15, 0.2) is 5.82 Å². The number of hydroxylamine groups is 1. The largest absolute Gasteiger partial charge is 0.375 e. The fraction of sp³-hybridized carbons (Fsp3) is 0.417. The van der Waals surface area contributed by atoms with Crippen LogP contribution in [0.1, 0.15) is 12.0 Å². The normalized spacial score (nSPS) is 23.7. The molecule has 4 nitrogen and oxygen atoms in total. The van der Waals surface area contributed by atoms with E-state index in [4.69, 9.17) is 4.74 Å². The number of hydrogen-bond donors (Lipinski definition) is 1. The zero-order chi connectivity index (χ0) is 11.5. The van der Waals surface area contributed by atoms with Gasteiger partial charge in [0.25, 0.3) is 0 Å². The lowest BCUT2D eigenvalue weighted by molar-refractivity contribution is 0.0839. The molecule has 0 aliphatic heterocycles. The Morgan fingerprint density at radius 1 is 1.56 bits per heavy atom. The molecule has 2 rings (SSSR count). The van der Waals surface area contributed by atoms with Gasteiger partial charge in [-0.05, 0) is 25.0 Å². The van der Waals surface area contributed by atoms with Gasteiger partial charge in [-0.2, -0.15) is 0 Å². The second-order valence-electron chi connectivity index (χ2n) is 3.92. The van der Waals surface area contributed by atoms with Crippen molar-refractivity contribution in [2.24, 2.45) is 0 Å². The van der Waals surface area contributed by atoms with E-state index in [1.165, 1.54) is 5.06 Å². The second kappa shape index (κ2) is 4.63. The van der Waals surface area contributed by atoms with Crippen molar-refractivity contribution in [1.82, 2.24) is 4.98 Å². The summed E-state index contributed by atoms with van der Waals surface area (Å²) >= 11 is 0. The highest BCUT2D eigenvalue weighted by molar-refractivity contribution is 5.45. The molecule has 1 aliphatic carbocycles. The molecule has 0 saturated heterocycles. The smallest absolute Gasteiger partial charge is 0.155 e. The van der Waals surface area contributed by atoms with Gasteiger partial charge < -0.3 is 4.74 Å². The van der Waals surface area contributed by atoms with Crippen LogP contribution >= 0.6 is 0 Å². The summed E-state index contributed by atoms with van der Waals surface area (Å²) in [5, 5.41) is 11.4. The van der Waals surface area contributed by atoms with Crippen LogP contribution in [-0.2, 0) is 4.74 Å². The summed E-state index contributed by atoms with van der Waals surface area (Å²) in [4.78, 5) is 4.18. The maximum Gasteiger partial charge on any atom is 0.155 e. The van der Waals surface area contributed by atoms with E-state index in [-0.39, 0.29) is 12.1 Å². The minimum absolute atomic E-state index is 0.0774. The van der Waals surface area contributed by atoms with Crippen molar-refractivity contribution in [1.29, 1.82) is 0 Å². The Bertz CT molecular complexity index is 392. The molecule has 0 saturated carbocycles. The Kier molecular flexibility index (Phi) is 3.22. The summed E-state index contributed by atoms with van der Waals surface area (Å²) in [7, 11) is 1.65. The monoisotopic (exact) mass is 220 g/mol. The molecule has 1 aliphatic rings. The van der Waals surface area contributed by atoms with Gasteiger partial charge in [-0.15, -0.1) is 0 Å². The maximum absolute atomic E-state index is 10.2. The van der Waals surface area contributed by atoms with Gasteiger partial charge in [-0.1, -0.05) is 18.2 Å². The summed E-state index contributed by atoms with van der Waals surface area (Å²) in [5.74, 6) is 0.596. The number of methoxy groups -OCH3 is 1. The summed E-state index contributed by atoms with van der Waals surface area (Å²) < 4.78 is 5.29. The Morgan fingerprint density at radius 2 is 2.38 bits per heavy atom. The molecule has 0 amide bonds. The summed E-state index contributed by atoms with van der Waals surface area (Å²) in [5.41, 5.74) is 0.951. The van der Waals surface area contributed by atoms with Crippen molar-refractivity contribution in [3.8, 4) is 0 Å². The van der Waals surface area contributed by atoms with Crippen LogP contribution in [0.3, 0.4) is 0 Å². The van der Waals surface area contributed by atoms with Gasteiger partial charge in [0.05, 0.1) is 12.1 Å². The number of ether oxygens (including phenoxy) is 1. The summed E-state index contributed by atoms with van der Waals surface area (Å²) in [6.07, 6.45) is 6.35. The SMILES string of the molecule is CO[C@@H]1C=CC[C@H]1N(O)c1ncccc1C. The molecule has 2 atom stereocenters. The molecule has 0 spiro atoms. The van der Waals surface area contributed by atoms with Crippen LogP contribution in [0.4, 0.5) is 5.82 Å². The topological polar surface area (TPSA) is 45.6 Å². The third-order valence-electron chi connectivity index (χ3n) is 2.87. The van der Waals surface area contributed by atoms with Crippen LogP contribution < -0.4 is 5.06 Å². The van der Waals surface area contributed by atoms with Gasteiger partial charge >= 0.3 is 0 Å². The van der Waals surface area contributed by atoms with Gasteiger partial charge in [-0.3, -0.25) is 5.21 Å². The number of anilines is 1. The Balaban J connectivity index is 2.19. The molecule has 1 aromatic rings. The highest BCUT2D eigenvalue weighted by Gasteiger charge is 2.29. The van der Waals surface area contributed by atoms with E-state index in [0.29, 0.717) is 5.82 Å². The van der Waals surface area contributed by atoms with E-state index in [2.05, 4.69) is 4.98 Å². The van der Waals surface area contributed by atoms with E-state index in [1.54, 1.807) is 13.3 Å². The van der Waals surface area contributed by atoms with Crippen molar-refractivity contribution in [3.05, 3.63) is 36.0 Å². The van der Waals surface area contributed by atoms with E-state index in [1.807, 2.05) is 31.2 Å². The first-order valence-electron chi connectivity index (χ1n) is 5.33. The van der Waals surface area contributed by atoms with Crippen LogP contribution in [0, 0.1) is 6.92 Å². The van der Waals surface area contributed by atoms with E-state index < -0.39 is 0 Å². The minimum Gasteiger partial charge on any atom is -0.375 e. The Hall–Kier alpha value is -1.39. The third-order valence-corrected chi connectivity index (χ3v) is 2.87. The molecule has 0 bridgehead atoms. The molecule has 0 fully saturated rings. The average Bonchev–Trinajstić information content (AvgIpc) is 2.77. The molecular weight excluding hydrogens is 204 g/mol. The zero-order valence-electron chi connectivity index (χ0n) is 9.50. The number of nitrogens with zero attached hydrogens (tertiary/aromatic N) is 2. The van der Waals surface area contributed by atoms with Crippen LogP contribution in [0.25, 0.3) is 0 Å². The van der Waals surface area contributed by atoms with Crippen molar-refractivity contribution in [2.75, 3.05) is 12.2 Å². The minimum atomic E-state index is -0.0846. The lowest BCUT2D eigenvalue weighted by atomic mass is 10.1. The van der Waals surface area contributed by atoms with Crippen molar-refractivity contribution >= 4 is 5.82 Å². The number of aromatic nitrogens is 1. The molecule has 4 heteroatoms. The Morgan fingerprint density at radius 3 is 3.06 bits per heavy atom. The molecule has 1 heterocycles. The highest BCUT2D eigenvalue weighted by Crippen LogP contribution is 2.24. The predicted molar refractivity (Wildman–Crippen MR) is 61.6 cm³/mol. The molecular formula is C12H16N2O2. The van der Waals surface area contributed by atoms with Crippen LogP contribution in [0.15, 0.2) is 30.5 Å². The molecule has 16 heavy (non-hydrogen) atoms. The fourth-order valence-electron chi connectivity index (χ4n) is 1.96. The van der Waals surface area contributed by atoms with Crippen molar-refractivity contribution in [3.63, 3.8) is 0 Å². The van der Waals surface area contributed by atoms with Gasteiger partial charge in [-0.25, -0.2) is 10.0 Å². The van der Waals surface area contributed by atoms with E-state index in [0.717, 1.165) is 12.0 Å². The Labute approximate surface area is 95.1 Å². The zero-order valence-corrected chi connectivity index (χ0v) is 9.50. The molecule has 0 radical (unpaired) electrons. The summed E-state index contributed by atoms with van der Waals surface area (Å²) in [6.45, 7) is 1.93. The van der Waals surface area contributed by atoms with Crippen LogP contribution in [-0.4, -0.2) is 29.4 Å². The molecule has 0 unspecified atom stereocenters. The number of rotatable bonds is 3. The third kappa shape index (κ3) is 1.94. The first kappa shape index (κ1) is 11.1. The number of pyridine rings is 1. The molecule has 86 valence electrons. The van der Waals surface area contributed by atoms with E-state index in [9.17, 15) is 5.21 Å². The van der Waals surface area contributed by atoms with Crippen molar-refractivity contribution < 1.29 is 9.94 Å². The van der Waals surface area contributed by atoms with Crippen LogP contribution in [0.2, 0.25) is 0 Å². The highest BCUT2D eigenvalue weighted by atomic mass is 16.5. The standard InChI is InChI=1S/C12H16N2O2/c1-9-5-4-8-13-12(9)14(15)10-6-3-7-11(10)16-2/h3-5,7-8,10-11,15H,6H2,1-2H3/t10-,11-/m1/s1. The second-order valence-corrected chi connectivity index (χ2v) is 3.92. The number of hydrogen-bond acceptors (Lipinski definition) is 4. The van der Waals surface area contributed by atoms with Crippen molar-refractivity contribution in [2.45, 2.75) is 25.5 Å². The van der Waals surface area contributed by atoms with Gasteiger partial charge in [0.2, 0.25) is 0 Å². The van der Waals surface area contributed by atoms with Gasteiger partial charge in [0.1, 0.15) is 0 Å². The maximum atomic E-state index is 10.2. The lowest BCUT2D eigenvalue weighted by Gasteiger charge is -2.28. The van der Waals surface area contributed by atoms with E-state index >= 15 is 0 Å². The molecule has 1 aromatic heterocycles. The lowest BCUT2D eigenvalue weighted by Crippen LogP contribution is -2.40. The average molecular weight is 220 g/mol. The first-order chi connectivity index (χ1) is 7.74. The predicted octanol–water partition coefficient (Wildman–Crippen LogP) is 1.93. The van der Waals surface area contributed by atoms with Gasteiger partial charge in [0, 0.05) is 13.3 Å². The number of aryl methyl sites for hydroxylation is 1. The first-order valence-corrected chi connectivity index (χ1v) is 5.33. The molecule has 0 aromatic carbocycles. The quantitative estimate of drug-likeness (QED) is 0.624. The fourth-order valence-corrected chi connectivity index (χ4v) is 1.96. The van der Waals surface area contributed by atoms with Crippen LogP contribution in [0.5, 0.6) is 0 Å².